The molecule has 1 saturated heterocycles. The van der Waals surface area contributed by atoms with E-state index in [1.165, 1.54) is 4.88 Å². The number of hydrogen-bond acceptors (Lipinski definition) is 5. The molecular formula is C20H21N5O2S. The molecule has 8 heteroatoms. The molecule has 28 heavy (non-hydrogen) atoms. The maximum absolute atomic E-state index is 12.6. The number of carbonyl (C=O) groups is 2. The molecule has 0 aliphatic carbocycles. The number of nitrogens with one attached hydrogen (secondary N) is 1. The molecule has 0 saturated carbocycles. The number of rotatable bonds is 6. The first-order chi connectivity index (χ1) is 13.6. The minimum absolute atomic E-state index is 0.112. The fraction of sp³-hybridized carbons (Fsp3) is 0.300. The number of aromatic nitrogens is 3. The van der Waals surface area contributed by atoms with Crippen molar-refractivity contribution in [3.05, 3.63) is 64.1 Å². The molecule has 0 radical (unpaired) electrons. The van der Waals surface area contributed by atoms with E-state index in [0.29, 0.717) is 37.4 Å². The first kappa shape index (κ1) is 18.4. The highest BCUT2D eigenvalue weighted by molar-refractivity contribution is 7.09. The largest absolute Gasteiger partial charge is 0.350 e. The van der Waals surface area contributed by atoms with Crippen molar-refractivity contribution in [2.75, 3.05) is 13.1 Å². The van der Waals surface area contributed by atoms with E-state index in [4.69, 9.17) is 0 Å². The molecular weight excluding hydrogens is 374 g/mol. The summed E-state index contributed by atoms with van der Waals surface area (Å²) in [4.78, 5) is 27.8. The predicted octanol–water partition coefficient (Wildman–Crippen LogP) is 2.42. The van der Waals surface area contributed by atoms with Gasteiger partial charge in [-0.25, -0.2) is 4.68 Å². The van der Waals surface area contributed by atoms with Gasteiger partial charge < -0.3 is 10.2 Å². The highest BCUT2D eigenvalue weighted by atomic mass is 32.1. The number of benzene rings is 1. The van der Waals surface area contributed by atoms with E-state index >= 15 is 0 Å². The van der Waals surface area contributed by atoms with Gasteiger partial charge in [-0.05, 0) is 30.5 Å². The van der Waals surface area contributed by atoms with Crippen molar-refractivity contribution in [1.29, 1.82) is 0 Å². The number of amides is 2. The number of para-hydroxylation sites is 1. The van der Waals surface area contributed by atoms with E-state index in [2.05, 4.69) is 15.6 Å². The van der Waals surface area contributed by atoms with Crippen LogP contribution < -0.4 is 5.32 Å². The van der Waals surface area contributed by atoms with Crippen molar-refractivity contribution < 1.29 is 9.59 Å². The Morgan fingerprint density at radius 3 is 2.82 bits per heavy atom. The Bertz CT molecular complexity index is 968. The Kier molecular flexibility index (Phi) is 5.21. The normalized spacial score (nSPS) is 16.5. The average molecular weight is 395 g/mol. The molecule has 0 spiro atoms. The molecule has 1 atom stereocenters. The molecule has 2 aromatic heterocycles. The lowest BCUT2D eigenvalue weighted by molar-refractivity contribution is -0.128. The van der Waals surface area contributed by atoms with Gasteiger partial charge in [-0.15, -0.1) is 16.4 Å². The van der Waals surface area contributed by atoms with Crippen LogP contribution in [0.1, 0.15) is 27.5 Å². The summed E-state index contributed by atoms with van der Waals surface area (Å²) >= 11 is 1.65. The van der Waals surface area contributed by atoms with Gasteiger partial charge in [0.15, 0.2) is 5.69 Å². The lowest BCUT2D eigenvalue weighted by atomic mass is 10.1. The Labute approximate surface area is 167 Å². The van der Waals surface area contributed by atoms with Gasteiger partial charge in [0.1, 0.15) is 0 Å². The van der Waals surface area contributed by atoms with Gasteiger partial charge in [0.25, 0.3) is 5.91 Å². The molecule has 0 bridgehead atoms. The summed E-state index contributed by atoms with van der Waals surface area (Å²) in [5.41, 5.74) is 1.85. The summed E-state index contributed by atoms with van der Waals surface area (Å²) in [5.74, 6) is -0.0106. The van der Waals surface area contributed by atoms with E-state index in [1.54, 1.807) is 16.0 Å². The second kappa shape index (κ2) is 7.93. The summed E-state index contributed by atoms with van der Waals surface area (Å²) in [6.07, 6.45) is 0.460. The highest BCUT2D eigenvalue weighted by Gasteiger charge is 2.30. The number of hydrogen-bond donors (Lipinski definition) is 1. The molecule has 1 unspecified atom stereocenters. The van der Waals surface area contributed by atoms with Crippen LogP contribution in [0.4, 0.5) is 0 Å². The zero-order valence-corrected chi connectivity index (χ0v) is 16.4. The topological polar surface area (TPSA) is 80.1 Å². The monoisotopic (exact) mass is 395 g/mol. The number of nitrogens with zero attached hydrogens (tertiary/aromatic N) is 4. The van der Waals surface area contributed by atoms with E-state index < -0.39 is 0 Å². The molecule has 4 rings (SSSR count). The lowest BCUT2D eigenvalue weighted by Crippen LogP contribution is -2.31. The molecule has 1 aromatic carbocycles. The predicted molar refractivity (Wildman–Crippen MR) is 106 cm³/mol. The van der Waals surface area contributed by atoms with Gasteiger partial charge in [-0.3, -0.25) is 9.59 Å². The van der Waals surface area contributed by atoms with Crippen molar-refractivity contribution in [2.24, 2.45) is 5.92 Å². The number of carbonyl (C=O) groups excluding carboxylic acids is 2. The third-order valence-corrected chi connectivity index (χ3v) is 5.74. The molecule has 7 nitrogen and oxygen atoms in total. The summed E-state index contributed by atoms with van der Waals surface area (Å²) in [7, 11) is 0. The fourth-order valence-electron chi connectivity index (χ4n) is 3.41. The Balaban J connectivity index is 1.35. The van der Waals surface area contributed by atoms with Gasteiger partial charge in [-0.2, -0.15) is 0 Å². The average Bonchev–Trinajstić information content (AvgIpc) is 3.42. The van der Waals surface area contributed by atoms with Crippen LogP contribution in [0, 0.1) is 12.8 Å². The molecule has 1 N–H and O–H groups in total. The van der Waals surface area contributed by atoms with Crippen LogP contribution in [0.25, 0.3) is 5.69 Å². The van der Waals surface area contributed by atoms with Crippen molar-refractivity contribution in [1.82, 2.24) is 25.2 Å². The summed E-state index contributed by atoms with van der Waals surface area (Å²) < 4.78 is 1.65. The van der Waals surface area contributed by atoms with Gasteiger partial charge in [-0.1, -0.05) is 29.5 Å². The smallest absolute Gasteiger partial charge is 0.273 e. The first-order valence-electron chi connectivity index (χ1n) is 9.18. The lowest BCUT2D eigenvalue weighted by Gasteiger charge is -2.15. The van der Waals surface area contributed by atoms with E-state index in [-0.39, 0.29) is 17.7 Å². The SMILES string of the molecule is Cc1c(C(=O)NCC2CC(=O)N(Cc3cccs3)C2)nnn1-c1ccccc1. The van der Waals surface area contributed by atoms with Gasteiger partial charge in [0.2, 0.25) is 5.91 Å². The van der Waals surface area contributed by atoms with Crippen LogP contribution in [0.15, 0.2) is 47.8 Å². The summed E-state index contributed by atoms with van der Waals surface area (Å²) in [5, 5.41) is 13.1. The van der Waals surface area contributed by atoms with Crippen molar-refractivity contribution in [3.63, 3.8) is 0 Å². The highest BCUT2D eigenvalue weighted by Crippen LogP contribution is 2.21. The molecule has 1 aliphatic heterocycles. The third kappa shape index (κ3) is 3.82. The summed E-state index contributed by atoms with van der Waals surface area (Å²) in [6, 6.07) is 13.6. The van der Waals surface area contributed by atoms with E-state index in [0.717, 1.165) is 5.69 Å². The van der Waals surface area contributed by atoms with Crippen LogP contribution in [0.2, 0.25) is 0 Å². The van der Waals surface area contributed by atoms with Crippen LogP contribution in [-0.4, -0.2) is 44.8 Å². The molecule has 2 amide bonds. The second-order valence-electron chi connectivity index (χ2n) is 6.90. The number of thiophene rings is 1. The van der Waals surface area contributed by atoms with Gasteiger partial charge in [0.05, 0.1) is 17.9 Å². The zero-order valence-electron chi connectivity index (χ0n) is 15.5. The van der Waals surface area contributed by atoms with E-state index in [9.17, 15) is 9.59 Å². The van der Waals surface area contributed by atoms with Crippen LogP contribution in [0.5, 0.6) is 0 Å². The van der Waals surface area contributed by atoms with Crippen LogP contribution >= 0.6 is 11.3 Å². The second-order valence-corrected chi connectivity index (χ2v) is 7.94. The molecule has 1 fully saturated rings. The fourth-order valence-corrected chi connectivity index (χ4v) is 4.13. The Morgan fingerprint density at radius 2 is 2.07 bits per heavy atom. The van der Waals surface area contributed by atoms with Gasteiger partial charge in [0, 0.05) is 30.3 Å². The van der Waals surface area contributed by atoms with E-state index in [1.807, 2.05) is 59.7 Å². The third-order valence-electron chi connectivity index (χ3n) is 4.88. The molecule has 3 aromatic rings. The van der Waals surface area contributed by atoms with Crippen molar-refractivity contribution in [3.8, 4) is 5.69 Å². The first-order valence-corrected chi connectivity index (χ1v) is 10.1. The minimum Gasteiger partial charge on any atom is -0.350 e. The van der Waals surface area contributed by atoms with Gasteiger partial charge >= 0.3 is 0 Å². The number of likely N-dealkylation sites (tertiary alicyclic amines) is 1. The van der Waals surface area contributed by atoms with Crippen LogP contribution in [-0.2, 0) is 11.3 Å². The minimum atomic E-state index is -0.260. The zero-order chi connectivity index (χ0) is 19.5. The maximum Gasteiger partial charge on any atom is 0.273 e. The summed E-state index contributed by atoms with van der Waals surface area (Å²) in [6.45, 7) is 3.57. The maximum atomic E-state index is 12.6. The standard InChI is InChI=1S/C20H21N5O2S/c1-14-19(22-23-25(14)16-6-3-2-4-7-16)20(27)21-11-15-10-18(26)24(12-15)13-17-8-5-9-28-17/h2-9,15H,10-13H2,1H3,(H,21,27). The van der Waals surface area contributed by atoms with Crippen molar-refractivity contribution in [2.45, 2.75) is 19.9 Å². The Hall–Kier alpha value is -3.00. The Morgan fingerprint density at radius 1 is 1.25 bits per heavy atom. The van der Waals surface area contributed by atoms with Crippen molar-refractivity contribution >= 4 is 23.2 Å². The molecule has 144 valence electrons. The molecule has 3 heterocycles. The molecule has 1 aliphatic rings. The quantitative estimate of drug-likeness (QED) is 0.695. The van der Waals surface area contributed by atoms with Crippen LogP contribution in [0.3, 0.4) is 0 Å².